The van der Waals surface area contributed by atoms with Gasteiger partial charge in [0.15, 0.2) is 0 Å². The number of rotatable bonds is 13. The number of carbonyl (C=O) groups is 2. The molecule has 0 aliphatic carbocycles. The van der Waals surface area contributed by atoms with Crippen LogP contribution in [0.1, 0.15) is 29.5 Å². The van der Waals surface area contributed by atoms with Gasteiger partial charge in [-0.3, -0.25) is 9.59 Å². The second-order valence-corrected chi connectivity index (χ2v) is 12.0. The number of amides is 1. The van der Waals surface area contributed by atoms with Crippen LogP contribution in [-0.4, -0.2) is 24.1 Å². The minimum atomic E-state index is -0.421. The highest BCUT2D eigenvalue weighted by molar-refractivity contribution is 8.14. The summed E-state index contributed by atoms with van der Waals surface area (Å²) in [7, 11) is 0. The van der Waals surface area contributed by atoms with Crippen molar-refractivity contribution < 1.29 is 9.59 Å². The summed E-state index contributed by atoms with van der Waals surface area (Å²) in [5.41, 5.74) is 3.60. The van der Waals surface area contributed by atoms with Crippen molar-refractivity contribution in [1.82, 2.24) is 5.32 Å². The second kappa shape index (κ2) is 17.3. The van der Waals surface area contributed by atoms with Gasteiger partial charge in [0.05, 0.1) is 25.0 Å². The molecule has 6 nitrogen and oxygen atoms in total. The van der Waals surface area contributed by atoms with Crippen molar-refractivity contribution in [3.8, 4) is 12.1 Å². The van der Waals surface area contributed by atoms with Gasteiger partial charge in [-0.1, -0.05) is 84.6 Å². The molecule has 224 valence electrons. The fraction of sp³-hybridized carbons (Fsp3) is 0.135. The second-order valence-electron chi connectivity index (χ2n) is 9.86. The zero-order chi connectivity index (χ0) is 31.9. The van der Waals surface area contributed by atoms with Crippen LogP contribution >= 0.6 is 23.5 Å². The van der Waals surface area contributed by atoms with Gasteiger partial charge in [0.2, 0.25) is 11.0 Å². The molecule has 0 saturated heterocycles. The van der Waals surface area contributed by atoms with E-state index in [-0.39, 0.29) is 10.8 Å². The van der Waals surface area contributed by atoms with Gasteiger partial charge in [0, 0.05) is 39.5 Å². The van der Waals surface area contributed by atoms with E-state index in [2.05, 4.69) is 17.5 Å². The highest BCUT2D eigenvalue weighted by Crippen LogP contribution is 2.40. The monoisotopic (exact) mass is 628 g/mol. The van der Waals surface area contributed by atoms with Crippen LogP contribution in [0.25, 0.3) is 11.0 Å². The van der Waals surface area contributed by atoms with E-state index in [1.807, 2.05) is 121 Å². The summed E-state index contributed by atoms with van der Waals surface area (Å²) in [6.07, 6.45) is 3.81. The third kappa shape index (κ3) is 10.0. The van der Waals surface area contributed by atoms with E-state index >= 15 is 0 Å². The van der Waals surface area contributed by atoms with Gasteiger partial charge in [-0.05, 0) is 77.9 Å². The van der Waals surface area contributed by atoms with Crippen molar-refractivity contribution in [2.24, 2.45) is 0 Å². The molecule has 0 unspecified atom stereocenters. The Morgan fingerprint density at radius 2 is 1.33 bits per heavy atom. The maximum atomic E-state index is 14.0. The van der Waals surface area contributed by atoms with E-state index in [9.17, 15) is 9.59 Å². The minimum absolute atomic E-state index is 0.182. The van der Waals surface area contributed by atoms with Crippen LogP contribution in [0.2, 0.25) is 0 Å². The zero-order valence-corrected chi connectivity index (χ0v) is 26.5. The number of nitriles is 2. The number of thioether (sulfide) groups is 2. The Morgan fingerprint density at radius 1 is 0.778 bits per heavy atom. The summed E-state index contributed by atoms with van der Waals surface area (Å²) in [6, 6.07) is 38.8. The van der Waals surface area contributed by atoms with Crippen LogP contribution in [0.4, 0.5) is 5.69 Å². The molecule has 0 atom stereocenters. The molecule has 0 aromatic heterocycles. The zero-order valence-electron chi connectivity index (χ0n) is 24.9. The molecule has 0 radical (unpaired) electrons. The Balaban J connectivity index is 1.81. The Bertz CT molecular complexity index is 1720. The normalized spacial score (nSPS) is 11.3. The lowest BCUT2D eigenvalue weighted by Gasteiger charge is -2.24. The molecule has 4 rings (SSSR count). The predicted molar refractivity (Wildman–Crippen MR) is 184 cm³/mol. The SMILES string of the molecule is Cc1cc(N(CCC#N)CCC#N)ccc1/C(Sc1ccccc1)=C(/NC(=O)/C=C\c1ccccc1)C(=O)Sc1ccccc1. The standard InChI is InChI=1S/C37H32N4O2S2/c1-28-27-30(41(25-11-23-38)26-12-24-39)20-21-33(28)36(44-31-15-7-3-8-16-31)35(37(43)45-32-17-9-4-10-18-32)40-34(42)22-19-29-13-5-2-6-14-29/h2-10,13-22,27H,11-12,25-26H2,1H3,(H,40,42)/b22-19-,36-35-. The predicted octanol–water partition coefficient (Wildman–Crippen LogP) is 8.24. The van der Waals surface area contributed by atoms with Crippen LogP contribution in [-0.2, 0) is 9.59 Å². The number of benzene rings is 4. The molecule has 0 heterocycles. The van der Waals surface area contributed by atoms with E-state index in [1.54, 1.807) is 6.08 Å². The molecule has 0 bridgehead atoms. The third-order valence-electron chi connectivity index (χ3n) is 6.63. The van der Waals surface area contributed by atoms with Gasteiger partial charge in [0.1, 0.15) is 5.70 Å². The van der Waals surface area contributed by atoms with Crippen molar-refractivity contribution in [1.29, 1.82) is 10.5 Å². The number of hydrogen-bond donors (Lipinski definition) is 1. The smallest absolute Gasteiger partial charge is 0.248 e. The van der Waals surface area contributed by atoms with Crippen LogP contribution in [0.15, 0.2) is 131 Å². The first kappa shape index (κ1) is 32.9. The van der Waals surface area contributed by atoms with Gasteiger partial charge in [-0.25, -0.2) is 0 Å². The molecule has 8 heteroatoms. The molecule has 0 fully saturated rings. The summed E-state index contributed by atoms with van der Waals surface area (Å²) in [5.74, 6) is -0.421. The van der Waals surface area contributed by atoms with Crippen molar-refractivity contribution in [2.75, 3.05) is 18.0 Å². The van der Waals surface area contributed by atoms with Crippen molar-refractivity contribution in [2.45, 2.75) is 29.6 Å². The Kier molecular flexibility index (Phi) is 12.7. The number of anilines is 1. The van der Waals surface area contributed by atoms with Crippen molar-refractivity contribution >= 4 is 51.2 Å². The van der Waals surface area contributed by atoms with E-state index in [4.69, 9.17) is 10.5 Å². The van der Waals surface area contributed by atoms with Gasteiger partial charge in [0.25, 0.3) is 0 Å². The van der Waals surface area contributed by atoms with E-state index in [0.29, 0.717) is 30.8 Å². The quantitative estimate of drug-likeness (QED) is 0.118. The van der Waals surface area contributed by atoms with Gasteiger partial charge >= 0.3 is 0 Å². The average Bonchev–Trinajstić information content (AvgIpc) is 3.07. The summed E-state index contributed by atoms with van der Waals surface area (Å²) >= 11 is 2.46. The summed E-state index contributed by atoms with van der Waals surface area (Å²) < 4.78 is 0. The third-order valence-corrected chi connectivity index (χ3v) is 8.66. The van der Waals surface area contributed by atoms with E-state index in [0.717, 1.165) is 43.9 Å². The Hall–Kier alpha value is -5.02. The fourth-order valence-corrected chi connectivity index (χ4v) is 6.38. The number of carbonyl (C=O) groups excluding carboxylic acids is 2. The molecule has 0 spiro atoms. The van der Waals surface area contributed by atoms with E-state index in [1.165, 1.54) is 17.8 Å². The number of nitrogens with one attached hydrogen (secondary N) is 1. The fourth-order valence-electron chi connectivity index (χ4n) is 4.43. The van der Waals surface area contributed by atoms with Gasteiger partial charge in [-0.15, -0.1) is 0 Å². The van der Waals surface area contributed by atoms with Crippen LogP contribution < -0.4 is 10.2 Å². The maximum absolute atomic E-state index is 14.0. The molecular weight excluding hydrogens is 597 g/mol. The number of hydrogen-bond acceptors (Lipinski definition) is 7. The lowest BCUT2D eigenvalue weighted by Crippen LogP contribution is -2.26. The van der Waals surface area contributed by atoms with Crippen LogP contribution in [0.5, 0.6) is 0 Å². The molecule has 0 aliphatic rings. The average molecular weight is 629 g/mol. The molecule has 0 saturated carbocycles. The number of aryl methyl sites for hydroxylation is 1. The number of nitrogens with zero attached hydrogens (tertiary/aromatic N) is 3. The largest absolute Gasteiger partial charge is 0.369 e. The first-order chi connectivity index (χ1) is 22.0. The van der Waals surface area contributed by atoms with Crippen LogP contribution in [0.3, 0.4) is 0 Å². The first-order valence-electron chi connectivity index (χ1n) is 14.4. The summed E-state index contributed by atoms with van der Waals surface area (Å²) in [6.45, 7) is 2.96. The molecular formula is C37H32N4O2S2. The molecule has 4 aromatic rings. The van der Waals surface area contributed by atoms with Crippen LogP contribution in [0, 0.1) is 29.6 Å². The lowest BCUT2D eigenvalue weighted by molar-refractivity contribution is -0.117. The van der Waals surface area contributed by atoms with Gasteiger partial charge in [-0.2, -0.15) is 10.5 Å². The maximum Gasteiger partial charge on any atom is 0.248 e. The van der Waals surface area contributed by atoms with Gasteiger partial charge < -0.3 is 10.2 Å². The van der Waals surface area contributed by atoms with Crippen molar-refractivity contribution in [3.05, 3.63) is 138 Å². The highest BCUT2D eigenvalue weighted by atomic mass is 32.2. The molecule has 4 aromatic carbocycles. The topological polar surface area (TPSA) is 97.0 Å². The van der Waals surface area contributed by atoms with Crippen molar-refractivity contribution in [3.63, 3.8) is 0 Å². The minimum Gasteiger partial charge on any atom is -0.369 e. The van der Waals surface area contributed by atoms with E-state index < -0.39 is 5.91 Å². The molecule has 1 amide bonds. The molecule has 45 heavy (non-hydrogen) atoms. The summed E-state index contributed by atoms with van der Waals surface area (Å²) in [4.78, 5) is 31.7. The highest BCUT2D eigenvalue weighted by Gasteiger charge is 2.23. The first-order valence-corrected chi connectivity index (χ1v) is 16.0. The Morgan fingerprint density at radius 3 is 1.89 bits per heavy atom. The molecule has 0 aliphatic heterocycles. The Labute approximate surface area is 273 Å². The lowest BCUT2D eigenvalue weighted by atomic mass is 10.1. The summed E-state index contributed by atoms with van der Waals surface area (Å²) in [5, 5.41) is 21.0. The molecule has 1 N–H and O–H groups in total.